The van der Waals surface area contributed by atoms with Crippen molar-refractivity contribution in [1.82, 2.24) is 0 Å². The summed E-state index contributed by atoms with van der Waals surface area (Å²) in [6.07, 6.45) is -11.6. The predicted molar refractivity (Wildman–Crippen MR) is 53.8 cm³/mol. The Morgan fingerprint density at radius 3 is 2.10 bits per heavy atom. The van der Waals surface area contributed by atoms with Crippen molar-refractivity contribution in [2.45, 2.75) is 18.8 Å². The largest absolute Gasteiger partial charge is 0.507 e. The number of esters is 1. The topological polar surface area (TPSA) is 46.5 Å². The van der Waals surface area contributed by atoms with Crippen molar-refractivity contribution >= 4 is 5.97 Å². The third-order valence-corrected chi connectivity index (χ3v) is 2.43. The summed E-state index contributed by atoms with van der Waals surface area (Å²) in [6, 6.07) is 0.565. The molecule has 112 valence electrons. The third kappa shape index (κ3) is 3.34. The van der Waals surface area contributed by atoms with E-state index in [4.69, 9.17) is 5.11 Å². The lowest BCUT2D eigenvalue weighted by molar-refractivity contribution is -0.146. The maximum Gasteiger partial charge on any atom is 0.420 e. The minimum atomic E-state index is -5.24. The molecule has 1 aromatic carbocycles. The second-order valence-electron chi connectivity index (χ2n) is 3.73. The van der Waals surface area contributed by atoms with Gasteiger partial charge in [0.15, 0.2) is 0 Å². The molecule has 0 bridgehead atoms. The van der Waals surface area contributed by atoms with Gasteiger partial charge in [-0.1, -0.05) is 0 Å². The molecule has 0 aliphatic rings. The van der Waals surface area contributed by atoms with Crippen molar-refractivity contribution in [2.75, 3.05) is 7.11 Å². The second-order valence-corrected chi connectivity index (χ2v) is 3.73. The number of hydrogen-bond acceptors (Lipinski definition) is 3. The number of benzene rings is 1. The smallest absolute Gasteiger partial charge is 0.420 e. The van der Waals surface area contributed by atoms with Crippen LogP contribution in [-0.4, -0.2) is 18.2 Å². The van der Waals surface area contributed by atoms with Crippen LogP contribution in [0, 0.1) is 0 Å². The minimum Gasteiger partial charge on any atom is -0.507 e. The van der Waals surface area contributed by atoms with E-state index in [2.05, 4.69) is 4.74 Å². The number of methoxy groups -OCH3 is 1. The van der Waals surface area contributed by atoms with Gasteiger partial charge in [0.05, 0.1) is 19.1 Å². The monoisotopic (exact) mass is 302 g/mol. The highest BCUT2D eigenvalue weighted by atomic mass is 19.4. The van der Waals surface area contributed by atoms with Crippen molar-refractivity contribution in [3.63, 3.8) is 0 Å². The fourth-order valence-electron chi connectivity index (χ4n) is 1.62. The Balaban J connectivity index is 3.60. The van der Waals surface area contributed by atoms with Gasteiger partial charge in [-0.25, -0.2) is 0 Å². The maximum atomic E-state index is 12.8. The van der Waals surface area contributed by atoms with E-state index >= 15 is 0 Å². The van der Waals surface area contributed by atoms with Crippen LogP contribution in [0.15, 0.2) is 12.1 Å². The quantitative estimate of drug-likeness (QED) is 0.674. The molecule has 0 aliphatic carbocycles. The SMILES string of the molecule is COC(=O)Cc1c(C(F)(F)F)ccc(O)c1C(F)(F)F. The molecule has 1 rings (SSSR count). The van der Waals surface area contributed by atoms with Crippen LogP contribution in [-0.2, 0) is 28.3 Å². The van der Waals surface area contributed by atoms with Crippen molar-refractivity contribution < 1.29 is 41.0 Å². The van der Waals surface area contributed by atoms with Crippen LogP contribution in [0.25, 0.3) is 0 Å². The van der Waals surface area contributed by atoms with E-state index in [1.807, 2.05) is 0 Å². The molecule has 1 aromatic rings. The number of rotatable bonds is 2. The molecule has 0 saturated carbocycles. The first-order chi connectivity index (χ1) is 8.98. The third-order valence-electron chi connectivity index (χ3n) is 2.43. The van der Waals surface area contributed by atoms with E-state index in [1.165, 1.54) is 0 Å². The van der Waals surface area contributed by atoms with Crippen LogP contribution in [0.3, 0.4) is 0 Å². The number of hydrogen-bond donors (Lipinski definition) is 1. The van der Waals surface area contributed by atoms with Gasteiger partial charge in [-0.2, -0.15) is 26.3 Å². The van der Waals surface area contributed by atoms with Gasteiger partial charge in [-0.05, 0) is 17.7 Å². The molecule has 3 nitrogen and oxygen atoms in total. The summed E-state index contributed by atoms with van der Waals surface area (Å²) in [6.45, 7) is 0. The lowest BCUT2D eigenvalue weighted by atomic mass is 9.96. The Bertz CT molecular complexity index is 518. The molecule has 0 radical (unpaired) electrons. The van der Waals surface area contributed by atoms with E-state index in [0.29, 0.717) is 0 Å². The Morgan fingerprint density at radius 1 is 1.15 bits per heavy atom. The average Bonchev–Trinajstić information content (AvgIpc) is 2.25. The first-order valence-corrected chi connectivity index (χ1v) is 5.04. The van der Waals surface area contributed by atoms with E-state index < -0.39 is 47.2 Å². The van der Waals surface area contributed by atoms with E-state index in [0.717, 1.165) is 7.11 Å². The summed E-state index contributed by atoms with van der Waals surface area (Å²) < 4.78 is 80.4. The Kier molecular flexibility index (Phi) is 4.21. The number of halogens is 6. The zero-order valence-corrected chi connectivity index (χ0v) is 9.89. The summed E-state index contributed by atoms with van der Waals surface area (Å²) in [7, 11) is 0.825. The summed E-state index contributed by atoms with van der Waals surface area (Å²) in [5, 5.41) is 9.16. The van der Waals surface area contributed by atoms with Gasteiger partial charge in [0.1, 0.15) is 11.3 Å². The number of aromatic hydroxyl groups is 1. The zero-order chi connectivity index (χ0) is 15.7. The minimum absolute atomic E-state index is 0.281. The molecule has 0 spiro atoms. The molecule has 1 N–H and O–H groups in total. The first kappa shape index (κ1) is 16.1. The number of alkyl halides is 6. The number of carbonyl (C=O) groups is 1. The molecule has 0 aliphatic heterocycles. The molecule has 0 heterocycles. The first-order valence-electron chi connectivity index (χ1n) is 5.04. The normalized spacial score (nSPS) is 12.3. The van der Waals surface area contributed by atoms with E-state index in [1.54, 1.807) is 0 Å². The Labute approximate surface area is 108 Å². The van der Waals surface area contributed by atoms with Crippen LogP contribution in [0.5, 0.6) is 5.75 Å². The number of phenols is 1. The molecule has 0 amide bonds. The van der Waals surface area contributed by atoms with Crippen LogP contribution in [0.4, 0.5) is 26.3 Å². The second kappa shape index (κ2) is 5.22. The molecule has 0 saturated heterocycles. The summed E-state index contributed by atoms with van der Waals surface area (Å²) in [5.74, 6) is -2.67. The Morgan fingerprint density at radius 2 is 1.70 bits per heavy atom. The number of carbonyl (C=O) groups excluding carboxylic acids is 1. The van der Waals surface area contributed by atoms with Crippen LogP contribution < -0.4 is 0 Å². The molecular formula is C11H8F6O3. The molecule has 20 heavy (non-hydrogen) atoms. The summed E-state index contributed by atoms with van der Waals surface area (Å²) >= 11 is 0. The fourth-order valence-corrected chi connectivity index (χ4v) is 1.62. The summed E-state index contributed by atoms with van der Waals surface area (Å²) in [4.78, 5) is 11.0. The fraction of sp³-hybridized carbons (Fsp3) is 0.364. The number of ether oxygens (including phenoxy) is 1. The highest BCUT2D eigenvalue weighted by Gasteiger charge is 2.43. The zero-order valence-electron chi connectivity index (χ0n) is 9.89. The summed E-state index contributed by atoms with van der Waals surface area (Å²) in [5.41, 5.74) is -4.90. The maximum absolute atomic E-state index is 12.8. The standard InChI is InChI=1S/C11H8F6O3/c1-20-8(19)4-5-6(10(12,13)14)2-3-7(18)9(5)11(15,16)17/h2-3,18H,4H2,1H3. The highest BCUT2D eigenvalue weighted by Crippen LogP contribution is 2.43. The van der Waals surface area contributed by atoms with Crippen molar-refractivity contribution in [3.05, 3.63) is 28.8 Å². The van der Waals surface area contributed by atoms with Gasteiger partial charge in [-0.15, -0.1) is 0 Å². The van der Waals surface area contributed by atoms with Gasteiger partial charge in [-0.3, -0.25) is 4.79 Å². The van der Waals surface area contributed by atoms with Crippen LogP contribution in [0.2, 0.25) is 0 Å². The Hall–Kier alpha value is -1.93. The molecular weight excluding hydrogens is 294 g/mol. The highest BCUT2D eigenvalue weighted by molar-refractivity contribution is 5.74. The van der Waals surface area contributed by atoms with Crippen molar-refractivity contribution in [3.8, 4) is 5.75 Å². The van der Waals surface area contributed by atoms with Gasteiger partial charge >= 0.3 is 18.3 Å². The molecule has 0 fully saturated rings. The molecule has 9 heteroatoms. The molecule has 0 aromatic heterocycles. The lowest BCUT2D eigenvalue weighted by Gasteiger charge is -2.19. The van der Waals surface area contributed by atoms with E-state index in [9.17, 15) is 31.1 Å². The van der Waals surface area contributed by atoms with Crippen molar-refractivity contribution in [1.29, 1.82) is 0 Å². The van der Waals surface area contributed by atoms with Gasteiger partial charge in [0.25, 0.3) is 0 Å². The van der Waals surface area contributed by atoms with E-state index in [-0.39, 0.29) is 12.1 Å². The van der Waals surface area contributed by atoms with Gasteiger partial charge < -0.3 is 9.84 Å². The number of phenolic OH excluding ortho intramolecular Hbond substituents is 1. The predicted octanol–water partition coefficient (Wildman–Crippen LogP) is 3.15. The van der Waals surface area contributed by atoms with Crippen LogP contribution in [0.1, 0.15) is 16.7 Å². The average molecular weight is 302 g/mol. The van der Waals surface area contributed by atoms with Crippen molar-refractivity contribution in [2.24, 2.45) is 0 Å². The van der Waals surface area contributed by atoms with Gasteiger partial charge in [0.2, 0.25) is 0 Å². The lowest BCUT2D eigenvalue weighted by Crippen LogP contribution is -2.19. The molecule has 0 unspecified atom stereocenters. The van der Waals surface area contributed by atoms with Gasteiger partial charge in [0, 0.05) is 0 Å². The molecule has 0 atom stereocenters. The van der Waals surface area contributed by atoms with Crippen LogP contribution >= 0.6 is 0 Å².